The van der Waals surface area contributed by atoms with Crippen LogP contribution in [0.1, 0.15) is 47.1 Å². The van der Waals surface area contributed by atoms with Crippen LogP contribution in [0.5, 0.6) is 5.75 Å². The molecule has 0 unspecified atom stereocenters. The van der Waals surface area contributed by atoms with Gasteiger partial charge in [-0.15, -0.1) is 0 Å². The van der Waals surface area contributed by atoms with Crippen LogP contribution in [0.2, 0.25) is 0 Å². The number of nitriles is 1. The summed E-state index contributed by atoms with van der Waals surface area (Å²) in [4.78, 5) is 27.6. The summed E-state index contributed by atoms with van der Waals surface area (Å²) in [6.45, 7) is 12.9. The molecule has 0 N–H and O–H groups in total. The molecular formula is C26H30N3O4-. The molecule has 0 spiro atoms. The van der Waals surface area contributed by atoms with Gasteiger partial charge >= 0.3 is 0 Å². The maximum absolute atomic E-state index is 13.1. The minimum absolute atomic E-state index is 0.224. The predicted octanol–water partition coefficient (Wildman–Crippen LogP) is 3.63. The SMILES string of the molecule is CC(C)(C)C.CC1(C)Oc2cc(C#N)ccc2N(c2cccc(N3CC(C(=O)[O-])C3)c2)C1=O. The highest BCUT2D eigenvalue weighted by molar-refractivity contribution is 6.08. The number of aliphatic carboxylic acids is 1. The van der Waals surface area contributed by atoms with Gasteiger partial charge in [-0.2, -0.15) is 5.26 Å². The van der Waals surface area contributed by atoms with E-state index in [1.807, 2.05) is 29.2 Å². The summed E-state index contributed by atoms with van der Waals surface area (Å²) >= 11 is 0. The van der Waals surface area contributed by atoms with Crippen molar-refractivity contribution >= 4 is 28.9 Å². The third-order valence-electron chi connectivity index (χ3n) is 5.08. The second kappa shape index (κ2) is 8.78. The number of fused-ring (bicyclic) bond motifs is 1. The second-order valence-corrected chi connectivity index (χ2v) is 10.5. The molecule has 0 aliphatic carbocycles. The van der Waals surface area contributed by atoms with Gasteiger partial charge in [-0.1, -0.05) is 33.8 Å². The number of carboxylic acid groups (broad SMARTS) is 1. The molecule has 1 saturated heterocycles. The Labute approximate surface area is 195 Å². The quantitative estimate of drug-likeness (QED) is 0.711. The van der Waals surface area contributed by atoms with Crippen LogP contribution in [0.4, 0.5) is 17.1 Å². The minimum Gasteiger partial charge on any atom is -0.550 e. The highest BCUT2D eigenvalue weighted by Gasteiger charge is 2.42. The molecule has 0 saturated carbocycles. The fourth-order valence-electron chi connectivity index (χ4n) is 3.47. The normalized spacial score (nSPS) is 17.1. The average molecular weight is 449 g/mol. The Hall–Kier alpha value is -3.53. The first-order valence-corrected chi connectivity index (χ1v) is 10.9. The zero-order valence-electron chi connectivity index (χ0n) is 20.0. The summed E-state index contributed by atoms with van der Waals surface area (Å²) < 4.78 is 5.85. The molecule has 2 aliphatic heterocycles. The van der Waals surface area contributed by atoms with Crippen molar-refractivity contribution in [3.05, 3.63) is 48.0 Å². The summed E-state index contributed by atoms with van der Waals surface area (Å²) in [5, 5.41) is 20.1. The summed E-state index contributed by atoms with van der Waals surface area (Å²) in [6.07, 6.45) is 0. The van der Waals surface area contributed by atoms with Crippen molar-refractivity contribution in [3.8, 4) is 11.8 Å². The smallest absolute Gasteiger partial charge is 0.275 e. The number of anilines is 3. The van der Waals surface area contributed by atoms with Crippen LogP contribution >= 0.6 is 0 Å². The van der Waals surface area contributed by atoms with Gasteiger partial charge in [-0.25, -0.2) is 0 Å². The first kappa shape index (κ1) is 24.1. The van der Waals surface area contributed by atoms with Crippen molar-refractivity contribution in [2.75, 3.05) is 22.9 Å². The lowest BCUT2D eigenvalue weighted by molar-refractivity contribution is -0.312. The molecule has 0 atom stereocenters. The lowest BCUT2D eigenvalue weighted by Crippen LogP contribution is -2.54. The van der Waals surface area contributed by atoms with E-state index in [9.17, 15) is 14.7 Å². The van der Waals surface area contributed by atoms with Gasteiger partial charge in [0, 0.05) is 36.7 Å². The van der Waals surface area contributed by atoms with Crippen molar-refractivity contribution in [2.24, 2.45) is 11.3 Å². The molecule has 0 radical (unpaired) electrons. The number of hydrogen-bond donors (Lipinski definition) is 0. The zero-order chi connectivity index (χ0) is 24.6. The highest BCUT2D eigenvalue weighted by atomic mass is 16.5. The van der Waals surface area contributed by atoms with E-state index in [2.05, 4.69) is 33.8 Å². The maximum Gasteiger partial charge on any atom is 0.275 e. The standard InChI is InChI=1S/C21H19N3O4.C5H12/c1-21(2)20(27)24(17-7-6-13(10-22)8-18(17)28-21)16-5-3-4-15(9-16)23-11-14(12-23)19(25)26;1-5(2,3)4/h3-9,14H,11-12H2,1-2H3,(H,25,26);1-4H3/p-1. The van der Waals surface area contributed by atoms with Crippen molar-refractivity contribution in [1.29, 1.82) is 5.26 Å². The Morgan fingerprint density at radius 3 is 2.30 bits per heavy atom. The molecule has 1 fully saturated rings. The third-order valence-corrected chi connectivity index (χ3v) is 5.08. The summed E-state index contributed by atoms with van der Waals surface area (Å²) in [5.41, 5.74) is 1.92. The van der Waals surface area contributed by atoms with E-state index in [0.29, 0.717) is 41.2 Å². The number of carboxylic acids is 1. The second-order valence-electron chi connectivity index (χ2n) is 10.5. The van der Waals surface area contributed by atoms with Gasteiger partial charge in [0.15, 0.2) is 5.60 Å². The Bertz CT molecular complexity index is 1100. The molecule has 1 amide bonds. The molecule has 2 heterocycles. The van der Waals surface area contributed by atoms with Crippen LogP contribution in [0.15, 0.2) is 42.5 Å². The van der Waals surface area contributed by atoms with Gasteiger partial charge in [0.2, 0.25) is 0 Å². The van der Waals surface area contributed by atoms with Crippen LogP contribution in [0.25, 0.3) is 0 Å². The number of rotatable bonds is 3. The van der Waals surface area contributed by atoms with Crippen LogP contribution in [0.3, 0.4) is 0 Å². The monoisotopic (exact) mass is 448 g/mol. The fourth-order valence-corrected chi connectivity index (χ4v) is 3.47. The highest BCUT2D eigenvalue weighted by Crippen LogP contribution is 2.43. The number of carbonyl (C=O) groups excluding carboxylic acids is 2. The van der Waals surface area contributed by atoms with Crippen molar-refractivity contribution in [3.63, 3.8) is 0 Å². The molecule has 4 rings (SSSR count). The minimum atomic E-state index is -1.09. The molecule has 0 bridgehead atoms. The van der Waals surface area contributed by atoms with Gasteiger partial charge in [0.25, 0.3) is 5.91 Å². The zero-order valence-corrected chi connectivity index (χ0v) is 20.0. The number of ether oxygens (including phenoxy) is 1. The molecule has 0 aromatic heterocycles. The van der Waals surface area contributed by atoms with Crippen molar-refractivity contribution < 1.29 is 19.4 Å². The molecule has 2 aromatic rings. The largest absolute Gasteiger partial charge is 0.550 e. The molecule has 7 nitrogen and oxygen atoms in total. The van der Waals surface area contributed by atoms with Crippen molar-refractivity contribution in [1.82, 2.24) is 0 Å². The Morgan fingerprint density at radius 2 is 1.73 bits per heavy atom. The Morgan fingerprint density at radius 1 is 1.12 bits per heavy atom. The summed E-state index contributed by atoms with van der Waals surface area (Å²) in [6, 6.07) is 14.4. The number of nitrogens with zero attached hydrogens (tertiary/aromatic N) is 3. The number of benzene rings is 2. The van der Waals surface area contributed by atoms with E-state index in [0.717, 1.165) is 5.69 Å². The van der Waals surface area contributed by atoms with Crippen LogP contribution < -0.4 is 19.6 Å². The molecule has 2 aliphatic rings. The van der Waals surface area contributed by atoms with E-state index in [-0.39, 0.29) is 5.91 Å². The molecular weight excluding hydrogens is 418 g/mol. The van der Waals surface area contributed by atoms with Crippen LogP contribution in [-0.2, 0) is 9.59 Å². The third kappa shape index (κ3) is 5.46. The van der Waals surface area contributed by atoms with E-state index in [1.54, 1.807) is 36.9 Å². The Kier molecular flexibility index (Phi) is 6.42. The lowest BCUT2D eigenvalue weighted by atomic mass is 9.99. The van der Waals surface area contributed by atoms with E-state index < -0.39 is 17.5 Å². The Balaban J connectivity index is 0.000000555. The number of hydrogen-bond acceptors (Lipinski definition) is 6. The maximum atomic E-state index is 13.1. The fraction of sp³-hybridized carbons (Fsp3) is 0.423. The first-order chi connectivity index (χ1) is 15.3. The van der Waals surface area contributed by atoms with Gasteiger partial charge in [-0.05, 0) is 49.6 Å². The summed E-state index contributed by atoms with van der Waals surface area (Å²) in [5.74, 6) is -1.27. The van der Waals surface area contributed by atoms with Crippen LogP contribution in [-0.4, -0.2) is 30.6 Å². The molecule has 7 heteroatoms. The van der Waals surface area contributed by atoms with E-state index >= 15 is 0 Å². The molecule has 174 valence electrons. The average Bonchev–Trinajstić information content (AvgIpc) is 2.66. The van der Waals surface area contributed by atoms with Gasteiger partial charge in [-0.3, -0.25) is 9.69 Å². The topological polar surface area (TPSA) is 96.7 Å². The number of carbonyl (C=O) groups is 2. The summed E-state index contributed by atoms with van der Waals surface area (Å²) in [7, 11) is 0. The predicted molar refractivity (Wildman–Crippen MR) is 125 cm³/mol. The van der Waals surface area contributed by atoms with Crippen LogP contribution in [0, 0.1) is 22.7 Å². The van der Waals surface area contributed by atoms with Gasteiger partial charge in [0.1, 0.15) is 5.75 Å². The van der Waals surface area contributed by atoms with Crippen molar-refractivity contribution in [2.45, 2.75) is 47.1 Å². The number of amides is 1. The molecule has 33 heavy (non-hydrogen) atoms. The lowest BCUT2D eigenvalue weighted by Gasteiger charge is -2.42. The van der Waals surface area contributed by atoms with Gasteiger partial charge < -0.3 is 19.5 Å². The van der Waals surface area contributed by atoms with E-state index in [4.69, 9.17) is 10.00 Å². The molecule has 2 aromatic carbocycles. The first-order valence-electron chi connectivity index (χ1n) is 10.9. The van der Waals surface area contributed by atoms with E-state index in [1.165, 1.54) is 0 Å². The van der Waals surface area contributed by atoms with Gasteiger partial charge in [0.05, 0.1) is 23.0 Å².